The molecule has 1 heterocycles. The first kappa shape index (κ1) is 7.61. The molecule has 0 spiro atoms. The molecule has 0 radical (unpaired) electrons. The van der Waals surface area contributed by atoms with Crippen LogP contribution in [0.15, 0.2) is 11.3 Å². The van der Waals surface area contributed by atoms with Crippen LogP contribution in [0.4, 0.5) is 0 Å². The zero-order chi connectivity index (χ0) is 7.40. The number of rotatable bonds is 2. The van der Waals surface area contributed by atoms with Gasteiger partial charge >= 0.3 is 0 Å². The SMILES string of the molecule is CCC1=C(CC)NNCC1. The van der Waals surface area contributed by atoms with E-state index < -0.39 is 0 Å². The van der Waals surface area contributed by atoms with Crippen LogP contribution < -0.4 is 10.9 Å². The third-order valence-corrected chi connectivity index (χ3v) is 2.00. The normalized spacial score (nSPS) is 19.0. The van der Waals surface area contributed by atoms with Gasteiger partial charge in [0.1, 0.15) is 0 Å². The molecule has 2 nitrogen and oxygen atoms in total. The van der Waals surface area contributed by atoms with Crippen molar-refractivity contribution in [2.45, 2.75) is 33.1 Å². The quantitative estimate of drug-likeness (QED) is 0.608. The van der Waals surface area contributed by atoms with Crippen LogP contribution in [0.2, 0.25) is 0 Å². The molecule has 0 aromatic heterocycles. The second-order valence-corrected chi connectivity index (χ2v) is 2.59. The van der Waals surface area contributed by atoms with Gasteiger partial charge in [-0.15, -0.1) is 0 Å². The maximum atomic E-state index is 3.20. The average molecular weight is 140 g/mol. The Hall–Kier alpha value is -0.500. The van der Waals surface area contributed by atoms with E-state index in [4.69, 9.17) is 0 Å². The van der Waals surface area contributed by atoms with Crippen LogP contribution in [0.3, 0.4) is 0 Å². The van der Waals surface area contributed by atoms with Gasteiger partial charge in [0.15, 0.2) is 0 Å². The van der Waals surface area contributed by atoms with E-state index in [2.05, 4.69) is 24.7 Å². The molecule has 2 N–H and O–H groups in total. The predicted molar refractivity (Wildman–Crippen MR) is 43.4 cm³/mol. The van der Waals surface area contributed by atoms with Gasteiger partial charge in [-0.05, 0) is 24.8 Å². The first-order valence-electron chi connectivity index (χ1n) is 4.08. The minimum atomic E-state index is 1.08. The van der Waals surface area contributed by atoms with Gasteiger partial charge in [-0.3, -0.25) is 0 Å². The van der Waals surface area contributed by atoms with E-state index in [1.807, 2.05) is 0 Å². The highest BCUT2D eigenvalue weighted by Crippen LogP contribution is 2.14. The van der Waals surface area contributed by atoms with Crippen LogP contribution in [-0.4, -0.2) is 6.54 Å². The largest absolute Gasteiger partial charge is 0.326 e. The third kappa shape index (κ3) is 1.51. The van der Waals surface area contributed by atoms with Gasteiger partial charge in [-0.25, -0.2) is 5.43 Å². The highest BCUT2D eigenvalue weighted by atomic mass is 15.4. The fraction of sp³-hybridized carbons (Fsp3) is 0.750. The lowest BCUT2D eigenvalue weighted by molar-refractivity contribution is 0.534. The molecule has 0 aliphatic carbocycles. The zero-order valence-electron chi connectivity index (χ0n) is 6.83. The van der Waals surface area contributed by atoms with Gasteiger partial charge in [0, 0.05) is 12.2 Å². The first-order valence-corrected chi connectivity index (χ1v) is 4.08. The minimum absolute atomic E-state index is 1.08. The maximum absolute atomic E-state index is 3.20. The highest BCUT2D eigenvalue weighted by molar-refractivity contribution is 5.13. The lowest BCUT2D eigenvalue weighted by atomic mass is 10.1. The van der Waals surface area contributed by atoms with Gasteiger partial charge in [-0.1, -0.05) is 13.8 Å². The van der Waals surface area contributed by atoms with Gasteiger partial charge in [0.05, 0.1) is 0 Å². The van der Waals surface area contributed by atoms with Crippen LogP contribution in [0.25, 0.3) is 0 Å². The summed E-state index contributed by atoms with van der Waals surface area (Å²) >= 11 is 0. The molecule has 1 aliphatic heterocycles. The van der Waals surface area contributed by atoms with Crippen molar-refractivity contribution < 1.29 is 0 Å². The summed E-state index contributed by atoms with van der Waals surface area (Å²) < 4.78 is 0. The van der Waals surface area contributed by atoms with E-state index in [0.717, 1.165) is 13.0 Å². The van der Waals surface area contributed by atoms with E-state index in [1.54, 1.807) is 5.57 Å². The molecule has 0 amide bonds. The Morgan fingerprint density at radius 2 is 2.10 bits per heavy atom. The molecule has 0 fully saturated rings. The zero-order valence-corrected chi connectivity index (χ0v) is 6.83. The molecule has 0 saturated carbocycles. The molecular weight excluding hydrogens is 124 g/mol. The van der Waals surface area contributed by atoms with Gasteiger partial charge < -0.3 is 5.43 Å². The highest BCUT2D eigenvalue weighted by Gasteiger charge is 2.06. The van der Waals surface area contributed by atoms with Crippen molar-refractivity contribution in [1.29, 1.82) is 0 Å². The topological polar surface area (TPSA) is 24.1 Å². The smallest absolute Gasteiger partial charge is 0.0251 e. The van der Waals surface area contributed by atoms with Crippen LogP contribution in [0.1, 0.15) is 33.1 Å². The Bertz CT molecular complexity index is 122. The Labute approximate surface area is 62.7 Å². The van der Waals surface area contributed by atoms with Crippen molar-refractivity contribution >= 4 is 0 Å². The molecule has 1 rings (SSSR count). The van der Waals surface area contributed by atoms with Crippen LogP contribution >= 0.6 is 0 Å². The average Bonchev–Trinajstić information content (AvgIpc) is 2.04. The van der Waals surface area contributed by atoms with Gasteiger partial charge in [0.25, 0.3) is 0 Å². The summed E-state index contributed by atoms with van der Waals surface area (Å²) in [6.07, 6.45) is 3.53. The van der Waals surface area contributed by atoms with Crippen LogP contribution in [-0.2, 0) is 0 Å². The Morgan fingerprint density at radius 1 is 1.30 bits per heavy atom. The number of allylic oxidation sites excluding steroid dienone is 1. The maximum Gasteiger partial charge on any atom is 0.0251 e. The van der Waals surface area contributed by atoms with Gasteiger partial charge in [0.2, 0.25) is 0 Å². The fourth-order valence-corrected chi connectivity index (χ4v) is 1.35. The van der Waals surface area contributed by atoms with E-state index in [9.17, 15) is 0 Å². The van der Waals surface area contributed by atoms with Crippen LogP contribution in [0.5, 0.6) is 0 Å². The van der Waals surface area contributed by atoms with Crippen molar-refractivity contribution in [2.24, 2.45) is 0 Å². The lowest BCUT2D eigenvalue weighted by Gasteiger charge is -2.21. The number of hydrazine groups is 1. The predicted octanol–water partition coefficient (Wildman–Crippen LogP) is 1.56. The second kappa shape index (κ2) is 3.62. The molecule has 0 bridgehead atoms. The molecule has 0 aromatic carbocycles. The standard InChI is InChI=1S/C8H16N2/c1-3-7-5-6-9-10-8(7)4-2/h9-10H,3-6H2,1-2H3. The van der Waals surface area contributed by atoms with E-state index in [0.29, 0.717) is 0 Å². The summed E-state index contributed by atoms with van der Waals surface area (Å²) in [5.41, 5.74) is 9.32. The van der Waals surface area contributed by atoms with Crippen molar-refractivity contribution in [3.63, 3.8) is 0 Å². The van der Waals surface area contributed by atoms with E-state index in [1.165, 1.54) is 18.5 Å². The third-order valence-electron chi connectivity index (χ3n) is 2.00. The summed E-state index contributed by atoms with van der Waals surface area (Å²) in [5, 5.41) is 0. The number of hydrogen-bond donors (Lipinski definition) is 2. The molecule has 58 valence electrons. The molecule has 2 heteroatoms. The lowest BCUT2D eigenvalue weighted by Crippen LogP contribution is -2.36. The van der Waals surface area contributed by atoms with Crippen molar-refractivity contribution in [3.05, 3.63) is 11.3 Å². The minimum Gasteiger partial charge on any atom is -0.326 e. The van der Waals surface area contributed by atoms with E-state index in [-0.39, 0.29) is 0 Å². The summed E-state index contributed by atoms with van der Waals surface area (Å²) in [6, 6.07) is 0. The van der Waals surface area contributed by atoms with Crippen LogP contribution in [0, 0.1) is 0 Å². The molecule has 0 saturated heterocycles. The molecule has 0 aromatic rings. The number of nitrogens with one attached hydrogen (secondary N) is 2. The molecule has 0 unspecified atom stereocenters. The Kier molecular flexibility index (Phi) is 2.75. The van der Waals surface area contributed by atoms with Gasteiger partial charge in [-0.2, -0.15) is 0 Å². The number of hydrogen-bond acceptors (Lipinski definition) is 2. The van der Waals surface area contributed by atoms with Crippen molar-refractivity contribution in [1.82, 2.24) is 10.9 Å². The van der Waals surface area contributed by atoms with Crippen molar-refractivity contribution in [2.75, 3.05) is 6.54 Å². The van der Waals surface area contributed by atoms with Crippen molar-refractivity contribution in [3.8, 4) is 0 Å². The molecule has 0 atom stereocenters. The summed E-state index contributed by atoms with van der Waals surface area (Å²) in [6.45, 7) is 5.48. The monoisotopic (exact) mass is 140 g/mol. The first-order chi connectivity index (χ1) is 4.88. The van der Waals surface area contributed by atoms with E-state index >= 15 is 0 Å². The molecule has 1 aliphatic rings. The molecule has 10 heavy (non-hydrogen) atoms. The second-order valence-electron chi connectivity index (χ2n) is 2.59. The Balaban J connectivity index is 2.63. The summed E-state index contributed by atoms with van der Waals surface area (Å²) in [4.78, 5) is 0. The molecular formula is C8H16N2. The Morgan fingerprint density at radius 3 is 2.60 bits per heavy atom. The summed E-state index contributed by atoms with van der Waals surface area (Å²) in [7, 11) is 0. The fourth-order valence-electron chi connectivity index (χ4n) is 1.35. The summed E-state index contributed by atoms with van der Waals surface area (Å²) in [5.74, 6) is 0.